The van der Waals surface area contributed by atoms with Gasteiger partial charge < -0.3 is 24.5 Å². The van der Waals surface area contributed by atoms with E-state index in [4.69, 9.17) is 14.7 Å². The quantitative estimate of drug-likeness (QED) is 0.407. The molecule has 0 radical (unpaired) electrons. The maximum Gasteiger partial charge on any atom is 0.318 e. The van der Waals surface area contributed by atoms with Crippen LogP contribution in [-0.2, 0) is 13.0 Å². The molecule has 9 nitrogen and oxygen atoms in total. The van der Waals surface area contributed by atoms with Gasteiger partial charge in [-0.15, -0.1) is 0 Å². The number of aliphatic hydroxyl groups is 1. The summed E-state index contributed by atoms with van der Waals surface area (Å²) in [4.78, 5) is 19.0. The number of fused-ring (bicyclic) bond motifs is 2. The molecule has 4 heterocycles. The number of aryl methyl sites for hydroxylation is 1. The molecular weight excluding hydrogens is 526 g/mol. The fourth-order valence-corrected chi connectivity index (χ4v) is 6.88. The number of hydrogen-bond acceptors (Lipinski definition) is 9. The highest BCUT2D eigenvalue weighted by Crippen LogP contribution is 2.36. The van der Waals surface area contributed by atoms with Crippen LogP contribution in [0, 0.1) is 18.3 Å². The molecule has 0 saturated carbocycles. The molecule has 0 bridgehead atoms. The zero-order valence-corrected chi connectivity index (χ0v) is 24.7. The van der Waals surface area contributed by atoms with E-state index in [1.54, 1.807) is 0 Å². The van der Waals surface area contributed by atoms with Crippen molar-refractivity contribution in [3.05, 3.63) is 65.9 Å². The highest BCUT2D eigenvalue weighted by Gasteiger charge is 2.34. The Hall–Kier alpha value is -3.71. The molecule has 1 aromatic heterocycles. The third-order valence-electron chi connectivity index (χ3n) is 9.24. The Kier molecular flexibility index (Phi) is 8.29. The fourth-order valence-electron chi connectivity index (χ4n) is 6.88. The molecule has 0 aliphatic carbocycles. The number of aliphatic hydroxyl groups excluding tert-OH is 1. The van der Waals surface area contributed by atoms with Crippen LogP contribution in [0.2, 0.25) is 0 Å². The number of nitriles is 1. The van der Waals surface area contributed by atoms with Gasteiger partial charge in [-0.1, -0.05) is 36.9 Å². The van der Waals surface area contributed by atoms with Crippen LogP contribution in [0.25, 0.3) is 10.8 Å². The van der Waals surface area contributed by atoms with Gasteiger partial charge in [-0.25, -0.2) is 0 Å². The van der Waals surface area contributed by atoms with Crippen molar-refractivity contribution in [1.82, 2.24) is 19.8 Å². The van der Waals surface area contributed by atoms with Gasteiger partial charge in [-0.05, 0) is 62.9 Å². The van der Waals surface area contributed by atoms with E-state index in [-0.39, 0.29) is 6.04 Å². The van der Waals surface area contributed by atoms with E-state index < -0.39 is 6.23 Å². The third-order valence-corrected chi connectivity index (χ3v) is 9.24. The topological polar surface area (TPSA) is 92.0 Å². The molecule has 3 aliphatic heterocycles. The molecule has 42 heavy (non-hydrogen) atoms. The number of likely N-dealkylation sites (N-methyl/N-ethyl adjacent to an activating group) is 1. The number of ether oxygens (including phenoxy) is 1. The standard InChI is InChI=1S/C33H41N7O2/c1-4-30(41)40-19-18-39(20-25(40)13-15-34)32-27-14-17-38(29-12-6-10-24-9-5-8-23(2)31(24)29)21-28(27)35-33(36-32)42-22-26-11-7-16-37(26)3/h4-6,8-10,12,25-26,30,41H,1,7,11,13-14,16-22H2,2-3H3/t25-,26-,30?/m0/s1. The van der Waals surface area contributed by atoms with E-state index in [2.05, 4.69) is 77.7 Å². The summed E-state index contributed by atoms with van der Waals surface area (Å²) < 4.78 is 6.31. The molecule has 3 atom stereocenters. The van der Waals surface area contributed by atoms with Gasteiger partial charge in [-0.3, -0.25) is 4.90 Å². The van der Waals surface area contributed by atoms with Crippen LogP contribution in [-0.4, -0.2) is 89.6 Å². The maximum atomic E-state index is 10.5. The SMILES string of the molecule is C=CC(O)N1CCN(c2nc(OC[C@@H]3CCCN3C)nc3c2CCN(c2cccc4cccc(C)c24)C3)C[C@@H]1CC#N. The number of likely N-dealkylation sites (tertiary alicyclic amines) is 1. The van der Waals surface area contributed by atoms with Crippen molar-refractivity contribution < 1.29 is 9.84 Å². The van der Waals surface area contributed by atoms with Gasteiger partial charge in [0.1, 0.15) is 18.7 Å². The van der Waals surface area contributed by atoms with Gasteiger partial charge >= 0.3 is 6.01 Å². The Morgan fingerprint density at radius 3 is 2.71 bits per heavy atom. The first-order valence-corrected chi connectivity index (χ1v) is 15.1. The van der Waals surface area contributed by atoms with Crippen molar-refractivity contribution in [1.29, 1.82) is 5.26 Å². The van der Waals surface area contributed by atoms with E-state index >= 15 is 0 Å². The van der Waals surface area contributed by atoms with Gasteiger partial charge in [0, 0.05) is 54.9 Å². The summed E-state index contributed by atoms with van der Waals surface area (Å²) in [5, 5.41) is 22.6. The smallest absolute Gasteiger partial charge is 0.318 e. The van der Waals surface area contributed by atoms with E-state index in [9.17, 15) is 10.4 Å². The number of aromatic nitrogens is 2. The summed E-state index contributed by atoms with van der Waals surface area (Å²) in [7, 11) is 2.15. The van der Waals surface area contributed by atoms with Crippen molar-refractivity contribution in [2.45, 2.75) is 57.5 Å². The Morgan fingerprint density at radius 1 is 1.12 bits per heavy atom. The van der Waals surface area contributed by atoms with Crippen molar-refractivity contribution in [3.8, 4) is 12.1 Å². The normalized spacial score (nSPS) is 22.1. The van der Waals surface area contributed by atoms with Crippen LogP contribution in [0.4, 0.5) is 11.5 Å². The molecule has 3 aliphatic rings. The lowest BCUT2D eigenvalue weighted by atomic mass is 9.99. The zero-order chi connectivity index (χ0) is 29.2. The first-order chi connectivity index (χ1) is 20.5. The number of piperazine rings is 1. The number of hydrogen-bond donors (Lipinski definition) is 1. The Bertz CT molecular complexity index is 1480. The lowest BCUT2D eigenvalue weighted by Gasteiger charge is -2.43. The average Bonchev–Trinajstić information content (AvgIpc) is 3.43. The number of anilines is 2. The highest BCUT2D eigenvalue weighted by atomic mass is 16.5. The predicted octanol–water partition coefficient (Wildman–Crippen LogP) is 3.88. The summed E-state index contributed by atoms with van der Waals surface area (Å²) in [6.45, 7) is 11.0. The van der Waals surface area contributed by atoms with Gasteiger partial charge in [0.15, 0.2) is 0 Å². The second-order valence-corrected chi connectivity index (χ2v) is 11.8. The molecule has 0 amide bonds. The number of nitrogens with zero attached hydrogens (tertiary/aromatic N) is 7. The van der Waals surface area contributed by atoms with E-state index in [1.165, 1.54) is 34.5 Å². The molecule has 3 aromatic rings. The third kappa shape index (κ3) is 5.54. The van der Waals surface area contributed by atoms with Gasteiger partial charge in [0.05, 0.1) is 24.7 Å². The van der Waals surface area contributed by atoms with Gasteiger partial charge in [0.25, 0.3) is 0 Å². The Balaban J connectivity index is 1.34. The fraction of sp³-hybridized carbons (Fsp3) is 0.485. The van der Waals surface area contributed by atoms with Gasteiger partial charge in [-0.2, -0.15) is 15.2 Å². The molecule has 0 spiro atoms. The first-order valence-electron chi connectivity index (χ1n) is 15.1. The summed E-state index contributed by atoms with van der Waals surface area (Å²) in [6.07, 6.45) is 4.19. The van der Waals surface area contributed by atoms with Crippen LogP contribution in [0.5, 0.6) is 6.01 Å². The van der Waals surface area contributed by atoms with E-state index in [0.29, 0.717) is 51.3 Å². The molecule has 9 heteroatoms. The molecular formula is C33H41N7O2. The van der Waals surface area contributed by atoms with Crippen LogP contribution < -0.4 is 14.5 Å². The summed E-state index contributed by atoms with van der Waals surface area (Å²) in [5.74, 6) is 0.902. The molecule has 1 N–H and O–H groups in total. The minimum absolute atomic E-state index is 0.127. The second kappa shape index (κ2) is 12.3. The average molecular weight is 568 g/mol. The molecule has 2 aromatic carbocycles. The van der Waals surface area contributed by atoms with Crippen molar-refractivity contribution in [2.75, 3.05) is 56.2 Å². The predicted molar refractivity (Wildman–Crippen MR) is 166 cm³/mol. The second-order valence-electron chi connectivity index (χ2n) is 11.8. The highest BCUT2D eigenvalue weighted by molar-refractivity contribution is 5.97. The molecule has 220 valence electrons. The van der Waals surface area contributed by atoms with Crippen molar-refractivity contribution in [2.24, 2.45) is 0 Å². The lowest BCUT2D eigenvalue weighted by molar-refractivity contribution is 0.00431. The van der Waals surface area contributed by atoms with Crippen LogP contribution >= 0.6 is 0 Å². The van der Waals surface area contributed by atoms with Crippen LogP contribution in [0.15, 0.2) is 49.1 Å². The summed E-state index contributed by atoms with van der Waals surface area (Å²) in [5.41, 5.74) is 4.65. The van der Waals surface area contributed by atoms with Crippen LogP contribution in [0.3, 0.4) is 0 Å². The Labute approximate surface area is 248 Å². The number of rotatable bonds is 8. The van der Waals surface area contributed by atoms with E-state index in [1.807, 2.05) is 4.90 Å². The molecule has 2 saturated heterocycles. The van der Waals surface area contributed by atoms with Gasteiger partial charge in [0.2, 0.25) is 0 Å². The Morgan fingerprint density at radius 2 is 1.95 bits per heavy atom. The maximum absolute atomic E-state index is 10.5. The first kappa shape index (κ1) is 28.4. The molecule has 6 rings (SSSR count). The zero-order valence-electron chi connectivity index (χ0n) is 24.7. The van der Waals surface area contributed by atoms with Crippen molar-refractivity contribution >= 4 is 22.3 Å². The van der Waals surface area contributed by atoms with Crippen LogP contribution in [0.1, 0.15) is 36.1 Å². The minimum Gasteiger partial charge on any atom is -0.462 e. The number of benzene rings is 2. The van der Waals surface area contributed by atoms with Crippen molar-refractivity contribution in [3.63, 3.8) is 0 Å². The molecule has 1 unspecified atom stereocenters. The monoisotopic (exact) mass is 567 g/mol. The lowest BCUT2D eigenvalue weighted by Crippen LogP contribution is -2.56. The largest absolute Gasteiger partial charge is 0.462 e. The molecule has 2 fully saturated rings. The van der Waals surface area contributed by atoms with E-state index in [0.717, 1.165) is 43.0 Å². The summed E-state index contributed by atoms with van der Waals surface area (Å²) in [6, 6.07) is 16.0. The minimum atomic E-state index is -0.773. The summed E-state index contributed by atoms with van der Waals surface area (Å²) >= 11 is 0.